The summed E-state index contributed by atoms with van der Waals surface area (Å²) in [7, 11) is 0. The normalized spacial score (nSPS) is 26.0. The lowest BCUT2D eigenvalue weighted by molar-refractivity contribution is -0.121. The van der Waals surface area contributed by atoms with E-state index in [0.29, 0.717) is 10.8 Å². The third-order valence-electron chi connectivity index (χ3n) is 5.25. The molecule has 2 aromatic carbocycles. The highest BCUT2D eigenvalue weighted by Crippen LogP contribution is 2.55. The molecule has 2 fully saturated rings. The molecule has 3 amide bonds. The predicted octanol–water partition coefficient (Wildman–Crippen LogP) is 3.48. The van der Waals surface area contributed by atoms with Gasteiger partial charge < -0.3 is 5.32 Å². The highest BCUT2D eigenvalue weighted by atomic mass is 35.5. The maximum Gasteiger partial charge on any atom is 0.328 e. The lowest BCUT2D eigenvalue weighted by Gasteiger charge is -2.31. The number of nitrogens with zero attached hydrogens (tertiary/aromatic N) is 2. The summed E-state index contributed by atoms with van der Waals surface area (Å²) in [5.74, 6) is 0.533. The monoisotopic (exact) mass is 398 g/mol. The molecule has 2 atom stereocenters. The van der Waals surface area contributed by atoms with E-state index in [1.807, 2.05) is 36.4 Å². The molecule has 3 aliphatic rings. The van der Waals surface area contributed by atoms with Crippen molar-refractivity contribution < 1.29 is 9.59 Å². The van der Waals surface area contributed by atoms with Gasteiger partial charge in [-0.25, -0.2) is 4.79 Å². The molecule has 1 spiro atoms. The first-order valence-corrected chi connectivity index (χ1v) is 9.87. The molecule has 0 radical (unpaired) electrons. The number of urea groups is 1. The second kappa shape index (κ2) is 5.74. The van der Waals surface area contributed by atoms with Gasteiger partial charge in [-0.15, -0.1) is 11.8 Å². The average Bonchev–Trinajstić information content (AvgIpc) is 3.27. The summed E-state index contributed by atoms with van der Waals surface area (Å²) < 4.78 is 0. The molecule has 6 nitrogen and oxygen atoms in total. The minimum absolute atomic E-state index is 0.217. The van der Waals surface area contributed by atoms with Gasteiger partial charge in [0.1, 0.15) is 11.9 Å². The second-order valence-electron chi connectivity index (χ2n) is 6.72. The van der Waals surface area contributed by atoms with Crippen LogP contribution in [0.3, 0.4) is 0 Å². The summed E-state index contributed by atoms with van der Waals surface area (Å²) >= 11 is 7.35. The average molecular weight is 399 g/mol. The largest absolute Gasteiger partial charge is 0.328 e. The number of amides is 3. The number of carbonyl (C=O) groups is 2. The fourth-order valence-corrected chi connectivity index (χ4v) is 5.66. The Morgan fingerprint density at radius 1 is 1.19 bits per heavy atom. The molecule has 5 rings (SSSR count). The minimum atomic E-state index is -1.10. The molecule has 3 heterocycles. The van der Waals surface area contributed by atoms with Crippen LogP contribution in [0, 0.1) is 5.41 Å². The molecule has 2 N–H and O–H groups in total. The van der Waals surface area contributed by atoms with E-state index in [1.54, 1.807) is 17.0 Å². The van der Waals surface area contributed by atoms with E-state index in [1.165, 1.54) is 16.7 Å². The molecule has 136 valence electrons. The van der Waals surface area contributed by atoms with Crippen molar-refractivity contribution in [1.29, 1.82) is 5.41 Å². The zero-order valence-corrected chi connectivity index (χ0v) is 15.7. The van der Waals surface area contributed by atoms with Crippen molar-refractivity contribution in [2.75, 3.05) is 11.1 Å². The summed E-state index contributed by atoms with van der Waals surface area (Å²) in [5.41, 5.74) is 2.40. The van der Waals surface area contributed by atoms with Gasteiger partial charge in [0.25, 0.3) is 5.91 Å². The SMILES string of the molecule is N=C1[C@@H]2CS[C@]3(C(=O)Nc4ccccc43)N2C(=O)N1Cc1ccc(Cl)cc1. The first kappa shape index (κ1) is 16.6. The standard InChI is InChI=1S/C19H15ClN4O2S/c20-12-7-5-11(6-8-12)9-23-16(21)15-10-27-19(24(15)18(23)26)13-3-1-2-4-14(13)22-17(19)25/h1-8,15,21H,9-10H2,(H,22,25)/t15-,19+/m0/s1. The summed E-state index contributed by atoms with van der Waals surface area (Å²) in [6, 6.07) is 13.9. The molecule has 0 saturated carbocycles. The van der Waals surface area contributed by atoms with Crippen LogP contribution in [0.25, 0.3) is 0 Å². The van der Waals surface area contributed by atoms with E-state index in [4.69, 9.17) is 17.0 Å². The van der Waals surface area contributed by atoms with E-state index in [2.05, 4.69) is 5.32 Å². The van der Waals surface area contributed by atoms with Crippen LogP contribution in [0.15, 0.2) is 48.5 Å². The van der Waals surface area contributed by atoms with Gasteiger partial charge in [-0.1, -0.05) is 41.9 Å². The number of rotatable bonds is 2. The summed E-state index contributed by atoms with van der Waals surface area (Å²) in [6.45, 7) is 0.284. The maximum absolute atomic E-state index is 13.3. The maximum atomic E-state index is 13.3. The molecule has 0 bridgehead atoms. The van der Waals surface area contributed by atoms with Crippen molar-refractivity contribution in [1.82, 2.24) is 9.80 Å². The van der Waals surface area contributed by atoms with E-state index in [9.17, 15) is 9.59 Å². The molecule has 8 heteroatoms. The Morgan fingerprint density at radius 3 is 2.70 bits per heavy atom. The number of benzene rings is 2. The number of amidine groups is 1. The third kappa shape index (κ3) is 2.18. The van der Waals surface area contributed by atoms with Gasteiger partial charge in [-0.05, 0) is 23.8 Å². The molecule has 27 heavy (non-hydrogen) atoms. The first-order chi connectivity index (χ1) is 13.0. The number of nitrogens with one attached hydrogen (secondary N) is 2. The zero-order valence-electron chi connectivity index (χ0n) is 14.1. The highest BCUT2D eigenvalue weighted by molar-refractivity contribution is 8.01. The molecule has 0 aliphatic carbocycles. The summed E-state index contributed by atoms with van der Waals surface area (Å²) in [4.78, 5) is 28.1. The Bertz CT molecular complexity index is 995. The summed E-state index contributed by atoms with van der Waals surface area (Å²) in [5, 5.41) is 12.1. The molecule has 2 saturated heterocycles. The van der Waals surface area contributed by atoms with E-state index >= 15 is 0 Å². The third-order valence-corrected chi connectivity index (χ3v) is 7.00. The van der Waals surface area contributed by atoms with Crippen molar-refractivity contribution >= 4 is 46.8 Å². The minimum Gasteiger partial charge on any atom is -0.323 e. The van der Waals surface area contributed by atoms with Crippen molar-refractivity contribution in [3.63, 3.8) is 0 Å². The predicted molar refractivity (Wildman–Crippen MR) is 105 cm³/mol. The molecule has 0 unspecified atom stereocenters. The van der Waals surface area contributed by atoms with Gasteiger partial charge in [0.05, 0.1) is 6.54 Å². The van der Waals surface area contributed by atoms with Gasteiger partial charge in [-0.2, -0.15) is 0 Å². The Balaban J connectivity index is 1.53. The number of hydrogen-bond acceptors (Lipinski definition) is 4. The fourth-order valence-electron chi connectivity index (χ4n) is 3.97. The zero-order chi connectivity index (χ0) is 18.8. The van der Waals surface area contributed by atoms with Gasteiger partial charge in [0.2, 0.25) is 0 Å². The van der Waals surface area contributed by atoms with Crippen molar-refractivity contribution in [3.05, 3.63) is 64.7 Å². The quantitative estimate of drug-likeness (QED) is 0.813. The Labute approximate surface area is 165 Å². The molecule has 2 aromatic rings. The van der Waals surface area contributed by atoms with Crippen LogP contribution < -0.4 is 5.32 Å². The van der Waals surface area contributed by atoms with Gasteiger partial charge >= 0.3 is 6.03 Å². The van der Waals surface area contributed by atoms with Crippen LogP contribution in [0.1, 0.15) is 11.1 Å². The molecular weight excluding hydrogens is 384 g/mol. The van der Waals surface area contributed by atoms with Crippen LogP contribution >= 0.6 is 23.4 Å². The molecular formula is C19H15ClN4O2S. The van der Waals surface area contributed by atoms with Crippen LogP contribution in [-0.2, 0) is 16.2 Å². The number of carbonyl (C=O) groups excluding carboxylic acids is 2. The van der Waals surface area contributed by atoms with E-state index in [-0.39, 0.29) is 24.3 Å². The topological polar surface area (TPSA) is 76.5 Å². The van der Waals surface area contributed by atoms with E-state index < -0.39 is 10.9 Å². The summed E-state index contributed by atoms with van der Waals surface area (Å²) in [6.07, 6.45) is 0. The van der Waals surface area contributed by atoms with Crippen LogP contribution in [0.4, 0.5) is 10.5 Å². The molecule has 3 aliphatic heterocycles. The number of para-hydroxylation sites is 1. The first-order valence-electron chi connectivity index (χ1n) is 8.51. The van der Waals surface area contributed by atoms with Crippen molar-refractivity contribution in [2.24, 2.45) is 0 Å². The fraction of sp³-hybridized carbons (Fsp3) is 0.211. The lowest BCUT2D eigenvalue weighted by Crippen LogP contribution is -2.49. The van der Waals surface area contributed by atoms with Crippen molar-refractivity contribution in [2.45, 2.75) is 17.5 Å². The Hall–Kier alpha value is -2.51. The van der Waals surface area contributed by atoms with Gasteiger partial charge in [0, 0.05) is 22.0 Å². The number of anilines is 1. The number of halogens is 1. The van der Waals surface area contributed by atoms with Crippen LogP contribution in [0.2, 0.25) is 5.02 Å². The smallest absolute Gasteiger partial charge is 0.323 e. The Morgan fingerprint density at radius 2 is 1.93 bits per heavy atom. The second-order valence-corrected chi connectivity index (χ2v) is 8.37. The number of hydrogen-bond donors (Lipinski definition) is 2. The van der Waals surface area contributed by atoms with Gasteiger partial charge in [0.15, 0.2) is 4.87 Å². The number of fused-ring (bicyclic) bond motifs is 4. The van der Waals surface area contributed by atoms with Gasteiger partial charge in [-0.3, -0.25) is 20.0 Å². The molecule has 0 aromatic heterocycles. The number of thioether (sulfide) groups is 1. The highest BCUT2D eigenvalue weighted by Gasteiger charge is 2.64. The van der Waals surface area contributed by atoms with Crippen LogP contribution in [0.5, 0.6) is 0 Å². The van der Waals surface area contributed by atoms with Crippen LogP contribution in [-0.4, -0.2) is 39.4 Å². The lowest BCUT2D eigenvalue weighted by atomic mass is 10.1. The Kier molecular flexibility index (Phi) is 3.54. The van der Waals surface area contributed by atoms with Crippen molar-refractivity contribution in [3.8, 4) is 0 Å². The van der Waals surface area contributed by atoms with E-state index in [0.717, 1.165) is 16.8 Å².